The molecule has 0 saturated heterocycles. The summed E-state index contributed by atoms with van der Waals surface area (Å²) in [4.78, 5) is 24.2. The van der Waals surface area contributed by atoms with Gasteiger partial charge in [-0.25, -0.2) is 0 Å². The Labute approximate surface area is 221 Å². The van der Waals surface area contributed by atoms with Crippen LogP contribution in [0.5, 0.6) is 0 Å². The maximum atomic E-state index is 13.2. The molecule has 1 N–H and O–H groups in total. The van der Waals surface area contributed by atoms with Crippen LogP contribution in [0.25, 0.3) is 0 Å². The Balaban J connectivity index is 2.91. The molecular formula is C27H50N2O5Si2. The second-order valence-corrected chi connectivity index (χ2v) is 20.6. The van der Waals surface area contributed by atoms with E-state index in [4.69, 9.17) is 8.85 Å². The van der Waals surface area contributed by atoms with Crippen molar-refractivity contribution in [2.24, 2.45) is 0 Å². The summed E-state index contributed by atoms with van der Waals surface area (Å²) in [5, 5.41) is 14.5. The zero-order chi connectivity index (χ0) is 27.2. The van der Waals surface area contributed by atoms with Gasteiger partial charge in [0, 0.05) is 6.07 Å². The van der Waals surface area contributed by atoms with Crippen molar-refractivity contribution in [3.8, 4) is 0 Å². The van der Waals surface area contributed by atoms with E-state index >= 15 is 0 Å². The Morgan fingerprint density at radius 1 is 0.917 bits per heavy atom. The maximum absolute atomic E-state index is 13.2. The molecule has 0 saturated carbocycles. The highest BCUT2D eigenvalue weighted by molar-refractivity contribution is 6.70. The molecule has 0 aliphatic heterocycles. The number of rotatable bonds is 19. The molecule has 0 bridgehead atoms. The van der Waals surface area contributed by atoms with Crippen LogP contribution in [0.1, 0.15) is 81.5 Å². The Morgan fingerprint density at radius 2 is 1.47 bits per heavy atom. The van der Waals surface area contributed by atoms with Crippen molar-refractivity contribution >= 4 is 28.2 Å². The molecule has 2 unspecified atom stereocenters. The van der Waals surface area contributed by atoms with E-state index in [0.717, 1.165) is 19.3 Å². The number of para-hydroxylation sites is 1. The molecule has 0 heterocycles. The molecule has 36 heavy (non-hydrogen) atoms. The summed E-state index contributed by atoms with van der Waals surface area (Å²) >= 11 is 0. The van der Waals surface area contributed by atoms with Crippen molar-refractivity contribution < 1.29 is 18.6 Å². The zero-order valence-corrected chi connectivity index (χ0v) is 25.7. The van der Waals surface area contributed by atoms with E-state index in [1.54, 1.807) is 12.1 Å². The van der Waals surface area contributed by atoms with Crippen LogP contribution >= 0.6 is 0 Å². The molecule has 0 aromatic heterocycles. The summed E-state index contributed by atoms with van der Waals surface area (Å²) in [6.07, 6.45) is 11.8. The van der Waals surface area contributed by atoms with Gasteiger partial charge in [-0.15, -0.1) is 0 Å². The number of carbonyl (C=O) groups excluding carboxylic acids is 1. The summed E-state index contributed by atoms with van der Waals surface area (Å²) in [5.74, 6) is -0.456. The third kappa shape index (κ3) is 14.3. The lowest BCUT2D eigenvalue weighted by molar-refractivity contribution is -0.385. The molecular weight excluding hydrogens is 488 g/mol. The topological polar surface area (TPSA) is 90.7 Å². The van der Waals surface area contributed by atoms with E-state index in [-0.39, 0.29) is 23.4 Å². The molecule has 0 fully saturated rings. The van der Waals surface area contributed by atoms with E-state index in [0.29, 0.717) is 6.61 Å². The minimum Gasteiger partial charge on any atom is -0.415 e. The van der Waals surface area contributed by atoms with Gasteiger partial charge in [-0.3, -0.25) is 14.9 Å². The van der Waals surface area contributed by atoms with Crippen LogP contribution in [0.15, 0.2) is 24.3 Å². The smallest absolute Gasteiger partial charge is 0.282 e. The van der Waals surface area contributed by atoms with Gasteiger partial charge in [-0.2, -0.15) is 0 Å². The molecule has 206 valence electrons. The lowest BCUT2D eigenvalue weighted by Crippen LogP contribution is -2.52. The minimum absolute atomic E-state index is 0.0651. The number of nitro benzene ring substituents is 1. The first-order chi connectivity index (χ1) is 16.8. The van der Waals surface area contributed by atoms with Crippen molar-refractivity contribution in [2.45, 2.75) is 123 Å². The molecule has 0 aliphatic rings. The van der Waals surface area contributed by atoms with Gasteiger partial charge in [0.1, 0.15) is 5.56 Å². The van der Waals surface area contributed by atoms with Crippen LogP contribution in [0.3, 0.4) is 0 Å². The first-order valence-electron chi connectivity index (χ1n) is 13.7. The zero-order valence-electron chi connectivity index (χ0n) is 23.7. The van der Waals surface area contributed by atoms with E-state index in [1.165, 1.54) is 57.1 Å². The van der Waals surface area contributed by atoms with Gasteiger partial charge in [0.05, 0.1) is 23.7 Å². The largest absolute Gasteiger partial charge is 0.415 e. The molecule has 2 atom stereocenters. The summed E-state index contributed by atoms with van der Waals surface area (Å²) in [7, 11) is -3.77. The van der Waals surface area contributed by atoms with E-state index in [9.17, 15) is 14.9 Å². The molecule has 9 heteroatoms. The van der Waals surface area contributed by atoms with Crippen LogP contribution in [0.2, 0.25) is 39.3 Å². The molecule has 1 rings (SSSR count). The fourth-order valence-corrected chi connectivity index (χ4v) is 5.98. The maximum Gasteiger partial charge on any atom is 0.282 e. The Bertz CT molecular complexity index is 793. The fraction of sp³-hybridized carbons (Fsp3) is 0.741. The second kappa shape index (κ2) is 16.3. The van der Waals surface area contributed by atoms with Crippen molar-refractivity contribution in [3.63, 3.8) is 0 Å². The molecule has 7 nitrogen and oxygen atoms in total. The van der Waals surface area contributed by atoms with Gasteiger partial charge in [0.2, 0.25) is 0 Å². The average Bonchev–Trinajstić information content (AvgIpc) is 2.78. The van der Waals surface area contributed by atoms with Crippen LogP contribution in [-0.4, -0.2) is 46.2 Å². The number of carbonyl (C=O) groups is 1. The highest BCUT2D eigenvalue weighted by Gasteiger charge is 2.32. The lowest BCUT2D eigenvalue weighted by atomic mass is 10.0. The predicted molar refractivity (Wildman–Crippen MR) is 154 cm³/mol. The van der Waals surface area contributed by atoms with Gasteiger partial charge in [0.15, 0.2) is 16.6 Å². The van der Waals surface area contributed by atoms with Gasteiger partial charge in [0.25, 0.3) is 11.6 Å². The summed E-state index contributed by atoms with van der Waals surface area (Å²) in [6.45, 7) is 15.4. The van der Waals surface area contributed by atoms with E-state index in [1.807, 2.05) is 0 Å². The quantitative estimate of drug-likeness (QED) is 0.0844. The molecule has 1 amide bonds. The highest BCUT2D eigenvalue weighted by atomic mass is 28.4. The predicted octanol–water partition coefficient (Wildman–Crippen LogP) is 7.69. The van der Waals surface area contributed by atoms with Crippen molar-refractivity contribution in [3.05, 3.63) is 39.9 Å². The number of benzene rings is 1. The molecule has 0 aliphatic carbocycles. The van der Waals surface area contributed by atoms with Gasteiger partial charge in [-0.05, 0) is 51.8 Å². The number of unbranched alkanes of at least 4 members (excludes halogenated alkanes) is 8. The summed E-state index contributed by atoms with van der Waals surface area (Å²) < 4.78 is 12.8. The van der Waals surface area contributed by atoms with Crippen LogP contribution in [0, 0.1) is 10.1 Å². The van der Waals surface area contributed by atoms with Crippen molar-refractivity contribution in [2.75, 3.05) is 6.61 Å². The molecule has 1 aromatic carbocycles. The van der Waals surface area contributed by atoms with E-state index in [2.05, 4.69) is 51.5 Å². The third-order valence-electron chi connectivity index (χ3n) is 5.90. The molecule has 1 aromatic rings. The number of hydrogen-bond acceptors (Lipinski definition) is 5. The molecule has 0 radical (unpaired) electrons. The van der Waals surface area contributed by atoms with Gasteiger partial charge < -0.3 is 14.2 Å². The van der Waals surface area contributed by atoms with Crippen molar-refractivity contribution in [1.29, 1.82) is 0 Å². The van der Waals surface area contributed by atoms with Crippen LogP contribution in [-0.2, 0) is 8.85 Å². The first kappa shape index (κ1) is 32.5. The van der Waals surface area contributed by atoms with Gasteiger partial charge >= 0.3 is 0 Å². The van der Waals surface area contributed by atoms with Crippen LogP contribution in [0.4, 0.5) is 5.69 Å². The highest BCUT2D eigenvalue weighted by Crippen LogP contribution is 2.22. The third-order valence-corrected chi connectivity index (χ3v) is 7.95. The number of nitrogens with zero attached hydrogens (tertiary/aromatic N) is 1. The van der Waals surface area contributed by atoms with Crippen LogP contribution < -0.4 is 5.32 Å². The monoisotopic (exact) mass is 538 g/mol. The normalized spacial score (nSPS) is 13.9. The van der Waals surface area contributed by atoms with E-state index < -0.39 is 27.5 Å². The standard InChI is InChI=1S/C27H50N2O5Si2/c1-8-9-10-11-12-13-14-15-16-21-26(34-36(5,6)7)24(22-33-35(2,3)4)28-27(30)23-19-17-18-20-25(23)29(31)32/h17-20,24,26H,8-16,21-22H2,1-7H3,(H,28,30). The van der Waals surface area contributed by atoms with Gasteiger partial charge in [-0.1, -0.05) is 76.8 Å². The number of hydrogen-bond donors (Lipinski definition) is 1. The number of nitrogens with one attached hydrogen (secondary N) is 1. The Kier molecular flexibility index (Phi) is 14.7. The second-order valence-electron chi connectivity index (χ2n) is 11.7. The number of nitro groups is 1. The lowest BCUT2D eigenvalue weighted by Gasteiger charge is -2.34. The molecule has 0 spiro atoms. The summed E-state index contributed by atoms with van der Waals surface area (Å²) in [5.41, 5.74) is -0.128. The fourth-order valence-electron chi connectivity index (χ4n) is 4.11. The SMILES string of the molecule is CCCCCCCCCCCC(O[Si](C)(C)C)C(CO[Si](C)(C)C)NC(=O)c1ccccc1[N+](=O)[O-]. The average molecular weight is 539 g/mol. The summed E-state index contributed by atoms with van der Waals surface area (Å²) in [6, 6.07) is 5.71. The Morgan fingerprint density at radius 3 is 2.00 bits per heavy atom. The van der Waals surface area contributed by atoms with Crippen molar-refractivity contribution in [1.82, 2.24) is 5.32 Å². The Hall–Kier alpha value is -1.56. The first-order valence-corrected chi connectivity index (χ1v) is 20.5. The number of amides is 1. The minimum atomic E-state index is -1.91.